The maximum Gasteiger partial charge on any atom is 0.248 e. The lowest BCUT2D eigenvalue weighted by Gasteiger charge is -2.01. The van der Waals surface area contributed by atoms with Crippen LogP contribution in [0.15, 0.2) is 24.3 Å². The van der Waals surface area contributed by atoms with Crippen LogP contribution >= 0.6 is 0 Å². The van der Waals surface area contributed by atoms with Crippen LogP contribution in [0.3, 0.4) is 0 Å². The number of nitrogens with two attached hydrogens (primary N) is 1. The summed E-state index contributed by atoms with van der Waals surface area (Å²) >= 11 is 0. The van der Waals surface area contributed by atoms with Crippen molar-refractivity contribution in [2.45, 2.75) is 0 Å². The summed E-state index contributed by atoms with van der Waals surface area (Å²) in [4.78, 5) is 21.2. The second-order valence-corrected chi connectivity index (χ2v) is 2.49. The molecule has 0 saturated heterocycles. The van der Waals surface area contributed by atoms with Gasteiger partial charge in [0.25, 0.3) is 0 Å². The molecule has 0 aromatic heterocycles. The van der Waals surface area contributed by atoms with Gasteiger partial charge in [0.05, 0.1) is 0 Å². The second kappa shape index (κ2) is 3.71. The fourth-order valence-electron chi connectivity index (χ4n) is 0.879. The highest BCUT2D eigenvalue weighted by molar-refractivity contribution is 5.96. The molecule has 0 bridgehead atoms. The first-order valence-corrected chi connectivity index (χ1v) is 3.62. The van der Waals surface area contributed by atoms with E-state index in [9.17, 15) is 9.59 Å². The molecule has 0 aliphatic carbocycles. The van der Waals surface area contributed by atoms with Gasteiger partial charge in [-0.05, 0) is 24.3 Å². The van der Waals surface area contributed by atoms with Crippen molar-refractivity contribution in [1.82, 2.24) is 0 Å². The molecule has 4 nitrogen and oxygen atoms in total. The second-order valence-electron chi connectivity index (χ2n) is 2.49. The molecular weight excluding hydrogens is 168 g/mol. The van der Waals surface area contributed by atoms with Crippen LogP contribution in [0.25, 0.3) is 0 Å². The van der Waals surface area contributed by atoms with Crippen LogP contribution in [-0.2, 0) is 4.79 Å². The van der Waals surface area contributed by atoms with Crippen molar-refractivity contribution in [1.29, 1.82) is 0 Å². The van der Waals surface area contributed by atoms with Gasteiger partial charge in [-0.1, -0.05) is 0 Å². The van der Waals surface area contributed by atoms with Gasteiger partial charge in [0.2, 0.25) is 11.8 Å². The van der Waals surface area contributed by atoms with Crippen LogP contribution < -0.4 is 11.1 Å². The monoisotopic (exact) mass is 177 g/mol. The summed E-state index contributed by atoms with van der Waals surface area (Å²) in [7, 11) is 0. The fraction of sp³-hybridized carbons (Fsp3) is 0. The zero-order valence-electron chi connectivity index (χ0n) is 6.91. The number of primary amides is 1. The van der Waals surface area contributed by atoms with E-state index in [0.717, 1.165) is 0 Å². The normalized spacial score (nSPS) is 9.31. The van der Waals surface area contributed by atoms with E-state index in [0.29, 0.717) is 11.3 Å². The topological polar surface area (TPSA) is 72.2 Å². The summed E-state index contributed by atoms with van der Waals surface area (Å²) in [5.41, 5.74) is 6.02. The standard InChI is InChI=1S/C9H9N2O2/c1-6(12)11-8-4-2-7(3-5-8)9(10)13/h2-5H,1H2,(H2,10,13)(H,11,12). The van der Waals surface area contributed by atoms with Crippen molar-refractivity contribution in [2.75, 3.05) is 5.32 Å². The third-order valence-electron chi connectivity index (χ3n) is 1.45. The Morgan fingerprint density at radius 2 is 1.77 bits per heavy atom. The first-order chi connectivity index (χ1) is 6.09. The average molecular weight is 177 g/mol. The molecule has 0 fully saturated rings. The summed E-state index contributed by atoms with van der Waals surface area (Å²) in [6, 6.07) is 6.24. The molecule has 0 spiro atoms. The lowest BCUT2D eigenvalue weighted by Crippen LogP contribution is -2.11. The minimum absolute atomic E-state index is 0.396. The molecule has 67 valence electrons. The molecule has 3 N–H and O–H groups in total. The van der Waals surface area contributed by atoms with E-state index >= 15 is 0 Å². The minimum Gasteiger partial charge on any atom is -0.366 e. The summed E-state index contributed by atoms with van der Waals surface area (Å²) < 4.78 is 0. The molecule has 0 heterocycles. The molecule has 1 rings (SSSR count). The highest BCUT2D eigenvalue weighted by Crippen LogP contribution is 2.08. The van der Waals surface area contributed by atoms with Crippen molar-refractivity contribution in [3.05, 3.63) is 36.8 Å². The smallest absolute Gasteiger partial charge is 0.248 e. The van der Waals surface area contributed by atoms with E-state index in [1.54, 1.807) is 12.1 Å². The molecule has 0 aliphatic heterocycles. The number of carbonyl (C=O) groups excluding carboxylic acids is 2. The van der Waals surface area contributed by atoms with E-state index < -0.39 is 11.8 Å². The van der Waals surface area contributed by atoms with Crippen LogP contribution in [0, 0.1) is 6.92 Å². The van der Waals surface area contributed by atoms with Gasteiger partial charge in [0.15, 0.2) is 0 Å². The van der Waals surface area contributed by atoms with Gasteiger partial charge >= 0.3 is 0 Å². The Kier molecular flexibility index (Phi) is 2.64. The molecule has 0 aliphatic rings. The molecule has 13 heavy (non-hydrogen) atoms. The molecule has 1 aromatic carbocycles. The van der Waals surface area contributed by atoms with Gasteiger partial charge < -0.3 is 11.1 Å². The predicted octanol–water partition coefficient (Wildman–Crippen LogP) is 0.558. The Morgan fingerprint density at radius 3 is 2.15 bits per heavy atom. The lowest BCUT2D eigenvalue weighted by molar-refractivity contribution is -0.112. The van der Waals surface area contributed by atoms with Crippen LogP contribution in [0.1, 0.15) is 10.4 Å². The van der Waals surface area contributed by atoms with E-state index in [4.69, 9.17) is 5.73 Å². The number of hydrogen-bond donors (Lipinski definition) is 2. The van der Waals surface area contributed by atoms with Crippen LogP contribution in [0.4, 0.5) is 5.69 Å². The Balaban J connectivity index is 2.81. The predicted molar refractivity (Wildman–Crippen MR) is 48.9 cm³/mol. The van der Waals surface area contributed by atoms with Crippen molar-refractivity contribution >= 4 is 17.5 Å². The highest BCUT2D eigenvalue weighted by atomic mass is 16.1. The van der Waals surface area contributed by atoms with E-state index in [1.807, 2.05) is 0 Å². The van der Waals surface area contributed by atoms with Crippen LogP contribution in [0.2, 0.25) is 0 Å². The Bertz CT molecular complexity index is 330. The quantitative estimate of drug-likeness (QED) is 0.692. The van der Waals surface area contributed by atoms with E-state index in [2.05, 4.69) is 12.2 Å². The van der Waals surface area contributed by atoms with Crippen molar-refractivity contribution in [2.24, 2.45) is 5.73 Å². The number of anilines is 1. The minimum atomic E-state index is -0.493. The number of amides is 2. The number of carbonyl (C=O) groups is 2. The number of benzene rings is 1. The first-order valence-electron chi connectivity index (χ1n) is 3.62. The summed E-state index contributed by atoms with van der Waals surface area (Å²) in [5.74, 6) is -0.890. The maximum atomic E-state index is 10.7. The molecule has 4 heteroatoms. The molecule has 0 saturated carbocycles. The van der Waals surface area contributed by atoms with Crippen molar-refractivity contribution < 1.29 is 9.59 Å². The zero-order chi connectivity index (χ0) is 9.84. The van der Waals surface area contributed by atoms with Gasteiger partial charge in [0, 0.05) is 18.2 Å². The van der Waals surface area contributed by atoms with Gasteiger partial charge in [-0.3, -0.25) is 9.59 Å². The Labute approximate surface area is 75.7 Å². The van der Waals surface area contributed by atoms with Crippen molar-refractivity contribution in [3.8, 4) is 0 Å². The number of hydrogen-bond acceptors (Lipinski definition) is 2. The molecule has 0 unspecified atom stereocenters. The number of rotatable bonds is 2. The summed E-state index contributed by atoms with van der Waals surface area (Å²) in [6.45, 7) is 3.15. The van der Waals surface area contributed by atoms with Gasteiger partial charge in [-0.2, -0.15) is 0 Å². The fourth-order valence-corrected chi connectivity index (χ4v) is 0.879. The van der Waals surface area contributed by atoms with Gasteiger partial charge in [-0.15, -0.1) is 0 Å². The summed E-state index contributed by atoms with van der Waals surface area (Å²) in [6.07, 6.45) is 0. The third kappa shape index (κ3) is 2.59. The average Bonchev–Trinajstić information content (AvgIpc) is 2.04. The molecule has 1 radical (unpaired) electrons. The largest absolute Gasteiger partial charge is 0.366 e. The summed E-state index contributed by atoms with van der Waals surface area (Å²) in [5, 5.41) is 2.47. The lowest BCUT2D eigenvalue weighted by atomic mass is 10.2. The SMILES string of the molecule is [CH2]C(=O)Nc1ccc(C(N)=O)cc1. The molecular formula is C9H9N2O2. The van der Waals surface area contributed by atoms with Gasteiger partial charge in [-0.25, -0.2) is 0 Å². The van der Waals surface area contributed by atoms with E-state index in [1.165, 1.54) is 12.1 Å². The molecule has 0 atom stereocenters. The van der Waals surface area contributed by atoms with Gasteiger partial charge in [0.1, 0.15) is 0 Å². The third-order valence-corrected chi connectivity index (χ3v) is 1.45. The maximum absolute atomic E-state index is 10.7. The molecule has 1 aromatic rings. The Morgan fingerprint density at radius 1 is 1.23 bits per heavy atom. The van der Waals surface area contributed by atoms with Crippen LogP contribution in [0.5, 0.6) is 0 Å². The van der Waals surface area contributed by atoms with Crippen LogP contribution in [-0.4, -0.2) is 11.8 Å². The zero-order valence-corrected chi connectivity index (χ0v) is 6.91. The van der Waals surface area contributed by atoms with E-state index in [-0.39, 0.29) is 0 Å². The van der Waals surface area contributed by atoms with Crippen molar-refractivity contribution in [3.63, 3.8) is 0 Å². The first kappa shape index (κ1) is 9.25. The number of nitrogens with one attached hydrogen (secondary N) is 1. The Hall–Kier alpha value is -1.84. The highest BCUT2D eigenvalue weighted by Gasteiger charge is 1.99. The molecule has 2 amide bonds.